The van der Waals surface area contributed by atoms with Gasteiger partial charge in [-0.2, -0.15) is 13.2 Å². The molecular formula is C13H15F4NO. The molecule has 0 amide bonds. The summed E-state index contributed by atoms with van der Waals surface area (Å²) in [6.45, 7) is 0.483. The Balaban J connectivity index is 2.39. The Morgan fingerprint density at radius 1 is 1.32 bits per heavy atom. The van der Waals surface area contributed by atoms with Crippen molar-refractivity contribution >= 4 is 0 Å². The molecule has 1 aliphatic rings. The zero-order valence-corrected chi connectivity index (χ0v) is 10.4. The van der Waals surface area contributed by atoms with Crippen LogP contribution in [-0.2, 0) is 0 Å². The van der Waals surface area contributed by atoms with Crippen LogP contribution in [0.3, 0.4) is 0 Å². The third kappa shape index (κ3) is 3.00. The van der Waals surface area contributed by atoms with Crippen molar-refractivity contribution in [2.45, 2.75) is 25.1 Å². The number of halogens is 4. The minimum atomic E-state index is -4.31. The van der Waals surface area contributed by atoms with Gasteiger partial charge in [0.25, 0.3) is 0 Å². The van der Waals surface area contributed by atoms with Crippen molar-refractivity contribution in [2.24, 2.45) is 5.92 Å². The molecule has 1 saturated heterocycles. The van der Waals surface area contributed by atoms with E-state index in [4.69, 9.17) is 4.74 Å². The normalized spacial score (nSPS) is 24.3. The standard InChI is InChI=1S/C13H15F4NO/c1-19-11-5-4-8(14)7-9(11)12-10(13(15,16)17)3-2-6-18-12/h4-5,7,10,12,18H,2-3,6H2,1H3. The third-order valence-corrected chi connectivity index (χ3v) is 3.41. The SMILES string of the molecule is COc1ccc(F)cc1C1NCCCC1C(F)(F)F. The average molecular weight is 277 g/mol. The van der Waals surface area contributed by atoms with Crippen LogP contribution in [0.2, 0.25) is 0 Å². The van der Waals surface area contributed by atoms with Gasteiger partial charge >= 0.3 is 6.18 Å². The summed E-state index contributed by atoms with van der Waals surface area (Å²) in [4.78, 5) is 0. The van der Waals surface area contributed by atoms with E-state index in [9.17, 15) is 17.6 Å². The van der Waals surface area contributed by atoms with Crippen LogP contribution < -0.4 is 10.1 Å². The second kappa shape index (κ2) is 5.36. The minimum absolute atomic E-state index is 0.0425. The van der Waals surface area contributed by atoms with Crippen LogP contribution in [0.4, 0.5) is 17.6 Å². The van der Waals surface area contributed by atoms with Gasteiger partial charge in [-0.1, -0.05) is 0 Å². The first-order valence-electron chi connectivity index (χ1n) is 6.07. The Morgan fingerprint density at radius 3 is 2.68 bits per heavy atom. The van der Waals surface area contributed by atoms with Crippen LogP contribution >= 0.6 is 0 Å². The summed E-state index contributed by atoms with van der Waals surface area (Å²) in [6, 6.07) is 2.68. The monoisotopic (exact) mass is 277 g/mol. The summed E-state index contributed by atoms with van der Waals surface area (Å²) in [5.74, 6) is -1.81. The molecule has 2 atom stereocenters. The lowest BCUT2D eigenvalue weighted by Gasteiger charge is -2.34. The van der Waals surface area contributed by atoms with Crippen LogP contribution in [0, 0.1) is 11.7 Å². The van der Waals surface area contributed by atoms with Crippen molar-refractivity contribution in [3.63, 3.8) is 0 Å². The lowest BCUT2D eigenvalue weighted by atomic mass is 9.85. The molecule has 1 aliphatic heterocycles. The molecule has 1 aromatic carbocycles. The maximum Gasteiger partial charge on any atom is 0.393 e. The maximum atomic E-state index is 13.3. The second-order valence-corrected chi connectivity index (χ2v) is 4.61. The van der Waals surface area contributed by atoms with Gasteiger partial charge in [0, 0.05) is 11.6 Å². The van der Waals surface area contributed by atoms with Crippen molar-refractivity contribution in [1.29, 1.82) is 0 Å². The number of hydrogen-bond donors (Lipinski definition) is 1. The van der Waals surface area contributed by atoms with Gasteiger partial charge in [-0.05, 0) is 37.6 Å². The number of alkyl halides is 3. The van der Waals surface area contributed by atoms with Crippen LogP contribution in [0.1, 0.15) is 24.4 Å². The van der Waals surface area contributed by atoms with E-state index in [-0.39, 0.29) is 17.7 Å². The van der Waals surface area contributed by atoms with E-state index in [0.717, 1.165) is 6.07 Å². The number of methoxy groups -OCH3 is 1. The van der Waals surface area contributed by atoms with E-state index >= 15 is 0 Å². The Morgan fingerprint density at radius 2 is 2.05 bits per heavy atom. The van der Waals surface area contributed by atoms with Gasteiger partial charge in [0.1, 0.15) is 11.6 Å². The van der Waals surface area contributed by atoms with Crippen molar-refractivity contribution in [3.05, 3.63) is 29.6 Å². The fraction of sp³-hybridized carbons (Fsp3) is 0.538. The van der Waals surface area contributed by atoms with E-state index in [0.29, 0.717) is 13.0 Å². The first kappa shape index (κ1) is 14.1. The number of piperidine rings is 1. The molecule has 0 spiro atoms. The largest absolute Gasteiger partial charge is 0.496 e. The number of benzene rings is 1. The van der Waals surface area contributed by atoms with Crippen molar-refractivity contribution < 1.29 is 22.3 Å². The molecule has 1 N–H and O–H groups in total. The van der Waals surface area contributed by atoms with E-state index < -0.39 is 24.0 Å². The Hall–Kier alpha value is -1.30. The van der Waals surface area contributed by atoms with Gasteiger partial charge in [0.2, 0.25) is 0 Å². The predicted molar refractivity (Wildman–Crippen MR) is 62.5 cm³/mol. The lowest BCUT2D eigenvalue weighted by molar-refractivity contribution is -0.189. The molecule has 2 rings (SSSR count). The molecule has 0 aromatic heterocycles. The van der Waals surface area contributed by atoms with Crippen LogP contribution in [0.5, 0.6) is 5.75 Å². The Kier molecular flexibility index (Phi) is 3.99. The average Bonchev–Trinajstić information content (AvgIpc) is 2.37. The smallest absolute Gasteiger partial charge is 0.393 e. The molecular weight excluding hydrogens is 262 g/mol. The number of nitrogens with one attached hydrogen (secondary N) is 1. The van der Waals surface area contributed by atoms with Crippen LogP contribution in [0.15, 0.2) is 18.2 Å². The summed E-state index contributed by atoms with van der Waals surface area (Å²) in [5, 5.41) is 2.83. The summed E-state index contributed by atoms with van der Waals surface area (Å²) in [7, 11) is 1.36. The van der Waals surface area contributed by atoms with Crippen LogP contribution in [0.25, 0.3) is 0 Å². The fourth-order valence-electron chi connectivity index (χ4n) is 2.52. The van der Waals surface area contributed by atoms with Gasteiger partial charge in [0.15, 0.2) is 0 Å². The van der Waals surface area contributed by atoms with E-state index in [1.54, 1.807) is 0 Å². The van der Waals surface area contributed by atoms with E-state index in [1.165, 1.54) is 19.2 Å². The van der Waals surface area contributed by atoms with Crippen molar-refractivity contribution in [2.75, 3.05) is 13.7 Å². The van der Waals surface area contributed by atoms with Crippen LogP contribution in [-0.4, -0.2) is 19.8 Å². The Bertz CT molecular complexity index is 447. The summed E-state index contributed by atoms with van der Waals surface area (Å²) in [5.41, 5.74) is 0.226. The third-order valence-electron chi connectivity index (χ3n) is 3.41. The summed E-state index contributed by atoms with van der Waals surface area (Å²) >= 11 is 0. The molecule has 6 heteroatoms. The highest BCUT2D eigenvalue weighted by atomic mass is 19.4. The lowest BCUT2D eigenvalue weighted by Crippen LogP contribution is -2.41. The first-order chi connectivity index (χ1) is 8.93. The zero-order valence-electron chi connectivity index (χ0n) is 10.4. The fourth-order valence-corrected chi connectivity index (χ4v) is 2.52. The Labute approximate surface area is 108 Å². The number of rotatable bonds is 2. The molecule has 0 aliphatic carbocycles. The molecule has 106 valence electrons. The number of hydrogen-bond acceptors (Lipinski definition) is 2. The van der Waals surface area contributed by atoms with Crippen molar-refractivity contribution in [1.82, 2.24) is 5.32 Å². The topological polar surface area (TPSA) is 21.3 Å². The van der Waals surface area contributed by atoms with Gasteiger partial charge < -0.3 is 10.1 Å². The van der Waals surface area contributed by atoms with Gasteiger partial charge in [-0.25, -0.2) is 4.39 Å². The highest BCUT2D eigenvalue weighted by Crippen LogP contribution is 2.43. The second-order valence-electron chi connectivity index (χ2n) is 4.61. The highest BCUT2D eigenvalue weighted by Gasteiger charge is 2.46. The quantitative estimate of drug-likeness (QED) is 0.836. The maximum absolute atomic E-state index is 13.3. The molecule has 1 heterocycles. The van der Waals surface area contributed by atoms with E-state index in [1.807, 2.05) is 0 Å². The summed E-state index contributed by atoms with van der Waals surface area (Å²) < 4.78 is 57.5. The van der Waals surface area contributed by atoms with Gasteiger partial charge in [-0.3, -0.25) is 0 Å². The zero-order chi connectivity index (χ0) is 14.0. The number of ether oxygens (including phenoxy) is 1. The highest BCUT2D eigenvalue weighted by molar-refractivity contribution is 5.37. The van der Waals surface area contributed by atoms with Gasteiger partial charge in [-0.15, -0.1) is 0 Å². The molecule has 1 fully saturated rings. The molecule has 0 radical (unpaired) electrons. The molecule has 0 bridgehead atoms. The summed E-state index contributed by atoms with van der Waals surface area (Å²) in [6.07, 6.45) is -3.81. The van der Waals surface area contributed by atoms with Crippen molar-refractivity contribution in [3.8, 4) is 5.75 Å². The molecule has 1 aromatic rings. The first-order valence-corrected chi connectivity index (χ1v) is 6.07. The molecule has 2 nitrogen and oxygen atoms in total. The molecule has 19 heavy (non-hydrogen) atoms. The molecule has 2 unspecified atom stereocenters. The van der Waals surface area contributed by atoms with Gasteiger partial charge in [0.05, 0.1) is 13.0 Å². The predicted octanol–water partition coefficient (Wildman–Crippen LogP) is 3.44. The molecule has 0 saturated carbocycles. The minimum Gasteiger partial charge on any atom is -0.496 e. The van der Waals surface area contributed by atoms with E-state index in [2.05, 4.69) is 5.32 Å².